The maximum atomic E-state index is 13.5. The van der Waals surface area contributed by atoms with Gasteiger partial charge in [-0.1, -0.05) is 11.2 Å². The van der Waals surface area contributed by atoms with Crippen LogP contribution in [0.3, 0.4) is 0 Å². The lowest BCUT2D eigenvalue weighted by molar-refractivity contribution is 0.369. The van der Waals surface area contributed by atoms with Gasteiger partial charge in [-0.15, -0.1) is 0 Å². The molecule has 0 spiro atoms. The van der Waals surface area contributed by atoms with Crippen LogP contribution in [0.4, 0.5) is 8.78 Å². The minimum atomic E-state index is -0.574. The quantitative estimate of drug-likeness (QED) is 0.904. The highest BCUT2D eigenvalue weighted by Gasteiger charge is 2.11. The van der Waals surface area contributed by atoms with E-state index in [2.05, 4.69) is 15.5 Å². The van der Waals surface area contributed by atoms with E-state index in [1.54, 1.807) is 6.92 Å². The van der Waals surface area contributed by atoms with Crippen molar-refractivity contribution in [2.75, 3.05) is 6.54 Å². The third-order valence-corrected chi connectivity index (χ3v) is 2.79. The normalized spacial score (nSPS) is 12.6. The van der Waals surface area contributed by atoms with Crippen LogP contribution in [-0.2, 0) is 6.42 Å². The molecule has 2 rings (SSSR count). The van der Waals surface area contributed by atoms with E-state index >= 15 is 0 Å². The van der Waals surface area contributed by atoms with Crippen molar-refractivity contribution in [2.45, 2.75) is 26.3 Å². The van der Waals surface area contributed by atoms with Gasteiger partial charge in [0.25, 0.3) is 0 Å². The Hall–Kier alpha value is -1.82. The number of rotatable bonds is 5. The molecule has 4 nitrogen and oxygen atoms in total. The molecule has 0 aliphatic heterocycles. The third-order valence-electron chi connectivity index (χ3n) is 2.79. The average molecular weight is 267 g/mol. The summed E-state index contributed by atoms with van der Waals surface area (Å²) in [7, 11) is 0. The van der Waals surface area contributed by atoms with Crippen molar-refractivity contribution in [1.29, 1.82) is 0 Å². The van der Waals surface area contributed by atoms with E-state index in [0.717, 1.165) is 6.07 Å². The maximum absolute atomic E-state index is 13.5. The highest BCUT2D eigenvalue weighted by Crippen LogP contribution is 2.17. The summed E-state index contributed by atoms with van der Waals surface area (Å²) in [6.07, 6.45) is 0.563. The number of aromatic nitrogens is 2. The predicted octanol–water partition coefficient (Wildman–Crippen LogP) is 2.55. The molecule has 1 unspecified atom stereocenters. The van der Waals surface area contributed by atoms with Crippen LogP contribution in [-0.4, -0.2) is 16.7 Å². The molecule has 0 fully saturated rings. The van der Waals surface area contributed by atoms with Gasteiger partial charge in [0, 0.05) is 30.6 Å². The van der Waals surface area contributed by atoms with Crippen LogP contribution in [0.1, 0.15) is 30.2 Å². The Morgan fingerprint density at radius 2 is 2.16 bits per heavy atom. The third kappa shape index (κ3) is 3.57. The van der Waals surface area contributed by atoms with E-state index < -0.39 is 11.6 Å². The number of aryl methyl sites for hydroxylation is 1. The second-order valence-corrected chi connectivity index (χ2v) is 4.33. The highest BCUT2D eigenvalue weighted by molar-refractivity contribution is 5.21. The molecular weight excluding hydrogens is 252 g/mol. The molecule has 1 atom stereocenters. The van der Waals surface area contributed by atoms with Gasteiger partial charge in [-0.3, -0.25) is 0 Å². The average Bonchev–Trinajstić information content (AvgIpc) is 2.75. The zero-order valence-corrected chi connectivity index (χ0v) is 10.8. The first kappa shape index (κ1) is 13.6. The van der Waals surface area contributed by atoms with E-state index in [1.165, 1.54) is 12.1 Å². The largest absolute Gasteiger partial charge is 0.339 e. The first-order chi connectivity index (χ1) is 9.06. The fourth-order valence-electron chi connectivity index (χ4n) is 1.80. The van der Waals surface area contributed by atoms with Gasteiger partial charge in [0.2, 0.25) is 5.89 Å². The smallest absolute Gasteiger partial charge is 0.227 e. The van der Waals surface area contributed by atoms with Crippen molar-refractivity contribution in [3.8, 4) is 0 Å². The van der Waals surface area contributed by atoms with Crippen LogP contribution in [0.5, 0.6) is 0 Å². The van der Waals surface area contributed by atoms with Gasteiger partial charge in [-0.2, -0.15) is 4.98 Å². The van der Waals surface area contributed by atoms with Crippen LogP contribution in [0.25, 0.3) is 0 Å². The van der Waals surface area contributed by atoms with Crippen LogP contribution in [0, 0.1) is 18.6 Å². The summed E-state index contributed by atoms with van der Waals surface area (Å²) < 4.78 is 31.3. The Balaban J connectivity index is 1.88. The van der Waals surface area contributed by atoms with Crippen molar-refractivity contribution >= 4 is 0 Å². The molecule has 19 heavy (non-hydrogen) atoms. The first-order valence-electron chi connectivity index (χ1n) is 6.04. The molecule has 2 aromatic rings. The predicted molar refractivity (Wildman–Crippen MR) is 65.5 cm³/mol. The van der Waals surface area contributed by atoms with Crippen LogP contribution >= 0.6 is 0 Å². The molecule has 1 N–H and O–H groups in total. The molecule has 0 aliphatic rings. The summed E-state index contributed by atoms with van der Waals surface area (Å²) in [6.45, 7) is 4.13. The molecule has 0 radical (unpaired) electrons. The Kier molecular flexibility index (Phi) is 4.21. The van der Waals surface area contributed by atoms with Gasteiger partial charge in [0.05, 0.1) is 0 Å². The van der Waals surface area contributed by atoms with Crippen molar-refractivity contribution in [3.05, 3.63) is 47.1 Å². The van der Waals surface area contributed by atoms with E-state index in [1.807, 2.05) is 6.92 Å². The van der Waals surface area contributed by atoms with E-state index in [0.29, 0.717) is 30.2 Å². The minimum absolute atomic E-state index is 0.218. The Labute approximate surface area is 109 Å². The van der Waals surface area contributed by atoms with Crippen LogP contribution in [0.2, 0.25) is 0 Å². The van der Waals surface area contributed by atoms with Crippen molar-refractivity contribution in [3.63, 3.8) is 0 Å². The topological polar surface area (TPSA) is 51.0 Å². The van der Waals surface area contributed by atoms with Gasteiger partial charge >= 0.3 is 0 Å². The maximum Gasteiger partial charge on any atom is 0.227 e. The van der Waals surface area contributed by atoms with Crippen LogP contribution < -0.4 is 5.32 Å². The summed E-state index contributed by atoms with van der Waals surface area (Å²) in [5.74, 6) is 0.00725. The zero-order chi connectivity index (χ0) is 13.8. The lowest BCUT2D eigenvalue weighted by atomic mass is 10.1. The molecule has 0 aliphatic carbocycles. The second-order valence-electron chi connectivity index (χ2n) is 4.33. The lowest BCUT2D eigenvalue weighted by Gasteiger charge is -2.14. The minimum Gasteiger partial charge on any atom is -0.339 e. The van der Waals surface area contributed by atoms with E-state index in [4.69, 9.17) is 4.52 Å². The summed E-state index contributed by atoms with van der Waals surface area (Å²) in [5.41, 5.74) is 0.433. The monoisotopic (exact) mass is 267 g/mol. The Morgan fingerprint density at radius 1 is 1.37 bits per heavy atom. The fraction of sp³-hybridized carbons (Fsp3) is 0.385. The molecule has 0 saturated heterocycles. The molecule has 1 aromatic carbocycles. The highest BCUT2D eigenvalue weighted by atomic mass is 19.1. The fourth-order valence-corrected chi connectivity index (χ4v) is 1.80. The van der Waals surface area contributed by atoms with Gasteiger partial charge in [0.1, 0.15) is 11.6 Å². The standard InChI is InChI=1S/C13H15F2N3O/c1-8(11-4-3-10(14)7-12(11)15)16-6-5-13-17-9(2)18-19-13/h3-4,7-8,16H,5-6H2,1-2H3. The lowest BCUT2D eigenvalue weighted by Crippen LogP contribution is -2.22. The number of hydrogen-bond donors (Lipinski definition) is 1. The van der Waals surface area contributed by atoms with Gasteiger partial charge in [0.15, 0.2) is 5.82 Å². The second kappa shape index (κ2) is 5.88. The molecular formula is C13H15F2N3O. The molecule has 1 aromatic heterocycles. The van der Waals surface area contributed by atoms with Gasteiger partial charge in [-0.05, 0) is 19.9 Å². The number of benzene rings is 1. The van der Waals surface area contributed by atoms with Crippen molar-refractivity contribution < 1.29 is 13.3 Å². The Bertz CT molecular complexity index is 557. The van der Waals surface area contributed by atoms with Crippen molar-refractivity contribution in [1.82, 2.24) is 15.5 Å². The molecule has 102 valence electrons. The molecule has 6 heteroatoms. The van der Waals surface area contributed by atoms with Crippen LogP contribution in [0.15, 0.2) is 22.7 Å². The number of nitrogens with one attached hydrogen (secondary N) is 1. The van der Waals surface area contributed by atoms with E-state index in [-0.39, 0.29) is 6.04 Å². The zero-order valence-electron chi connectivity index (χ0n) is 10.8. The van der Waals surface area contributed by atoms with Crippen molar-refractivity contribution in [2.24, 2.45) is 0 Å². The Morgan fingerprint density at radius 3 is 2.79 bits per heavy atom. The van der Waals surface area contributed by atoms with Gasteiger partial charge in [-0.25, -0.2) is 8.78 Å². The SMILES string of the molecule is Cc1noc(CCNC(C)c2ccc(F)cc2F)n1. The summed E-state index contributed by atoms with van der Waals surface area (Å²) in [6, 6.07) is 3.36. The molecule has 0 saturated carbocycles. The number of halogens is 2. The number of nitrogens with zero attached hydrogens (tertiary/aromatic N) is 2. The summed E-state index contributed by atoms with van der Waals surface area (Å²) >= 11 is 0. The molecule has 1 heterocycles. The number of hydrogen-bond acceptors (Lipinski definition) is 4. The molecule has 0 amide bonds. The van der Waals surface area contributed by atoms with E-state index in [9.17, 15) is 8.78 Å². The summed E-state index contributed by atoms with van der Waals surface area (Å²) in [5, 5.41) is 6.81. The van der Waals surface area contributed by atoms with Gasteiger partial charge < -0.3 is 9.84 Å². The summed E-state index contributed by atoms with van der Waals surface area (Å²) in [4.78, 5) is 4.07. The first-order valence-corrected chi connectivity index (χ1v) is 6.04. The molecule has 0 bridgehead atoms.